The van der Waals surface area contributed by atoms with Gasteiger partial charge in [-0.2, -0.15) is 5.10 Å². The molecular formula is C11H13BrN2O. The van der Waals surface area contributed by atoms with E-state index in [-0.39, 0.29) is 6.61 Å². The van der Waals surface area contributed by atoms with Crippen LogP contribution in [-0.2, 0) is 6.61 Å². The molecule has 0 unspecified atom stereocenters. The van der Waals surface area contributed by atoms with Crippen LogP contribution in [0.4, 0.5) is 0 Å². The Balaban J connectivity index is 2.75. The van der Waals surface area contributed by atoms with Crippen molar-refractivity contribution in [1.29, 1.82) is 0 Å². The summed E-state index contributed by atoms with van der Waals surface area (Å²) in [6.45, 7) is 4.14. The Morgan fingerprint density at radius 3 is 2.80 bits per heavy atom. The number of hydrogen-bond acceptors (Lipinski definition) is 2. The number of benzene rings is 1. The fourth-order valence-corrected chi connectivity index (χ4v) is 2.05. The first kappa shape index (κ1) is 10.6. The first-order valence-electron chi connectivity index (χ1n) is 4.91. The Morgan fingerprint density at radius 1 is 1.47 bits per heavy atom. The van der Waals surface area contributed by atoms with Crippen LogP contribution >= 0.6 is 15.9 Å². The highest BCUT2D eigenvalue weighted by molar-refractivity contribution is 9.10. The van der Waals surface area contributed by atoms with Gasteiger partial charge in [0.25, 0.3) is 0 Å². The smallest absolute Gasteiger partial charge is 0.0958 e. The molecule has 0 atom stereocenters. The lowest BCUT2D eigenvalue weighted by Crippen LogP contribution is -2.02. The lowest BCUT2D eigenvalue weighted by atomic mass is 10.2. The fraction of sp³-hybridized carbons (Fsp3) is 0.364. The molecule has 0 aliphatic heterocycles. The molecule has 0 fully saturated rings. The molecule has 0 saturated carbocycles. The van der Waals surface area contributed by atoms with Crippen LogP contribution in [0, 0.1) is 0 Å². The van der Waals surface area contributed by atoms with E-state index in [1.54, 1.807) is 0 Å². The van der Waals surface area contributed by atoms with E-state index in [0.29, 0.717) is 6.04 Å². The average Bonchev–Trinajstić information content (AvgIpc) is 2.55. The van der Waals surface area contributed by atoms with E-state index in [0.717, 1.165) is 21.1 Å². The van der Waals surface area contributed by atoms with Crippen molar-refractivity contribution < 1.29 is 5.11 Å². The molecule has 1 aromatic heterocycles. The summed E-state index contributed by atoms with van der Waals surface area (Å²) in [5.41, 5.74) is 1.80. The maximum absolute atomic E-state index is 9.23. The minimum atomic E-state index is -0.0212. The van der Waals surface area contributed by atoms with Crippen LogP contribution in [0.2, 0.25) is 0 Å². The van der Waals surface area contributed by atoms with Crippen molar-refractivity contribution in [3.63, 3.8) is 0 Å². The molecule has 0 spiro atoms. The van der Waals surface area contributed by atoms with Gasteiger partial charge in [-0.05, 0) is 32.0 Å². The van der Waals surface area contributed by atoms with Crippen LogP contribution in [0.15, 0.2) is 22.7 Å². The van der Waals surface area contributed by atoms with Crippen LogP contribution in [0.25, 0.3) is 10.9 Å². The van der Waals surface area contributed by atoms with Crippen LogP contribution in [0.5, 0.6) is 0 Å². The number of aliphatic hydroxyl groups is 1. The van der Waals surface area contributed by atoms with E-state index in [4.69, 9.17) is 0 Å². The summed E-state index contributed by atoms with van der Waals surface area (Å²) in [6, 6.07) is 6.30. The Hall–Kier alpha value is -0.870. The van der Waals surface area contributed by atoms with Crippen molar-refractivity contribution >= 4 is 26.8 Å². The third-order valence-electron chi connectivity index (χ3n) is 2.38. The lowest BCUT2D eigenvalue weighted by molar-refractivity contribution is 0.276. The van der Waals surface area contributed by atoms with E-state index in [2.05, 4.69) is 34.9 Å². The van der Waals surface area contributed by atoms with E-state index in [1.807, 2.05) is 22.9 Å². The van der Waals surface area contributed by atoms with Gasteiger partial charge < -0.3 is 5.11 Å². The van der Waals surface area contributed by atoms with Crippen molar-refractivity contribution in [3.05, 3.63) is 28.4 Å². The minimum Gasteiger partial charge on any atom is -0.390 e. The molecule has 0 aliphatic carbocycles. The normalized spacial score (nSPS) is 11.5. The number of rotatable bonds is 2. The zero-order valence-corrected chi connectivity index (χ0v) is 10.3. The first-order chi connectivity index (χ1) is 7.13. The fourth-order valence-electron chi connectivity index (χ4n) is 1.69. The summed E-state index contributed by atoms with van der Waals surface area (Å²) in [6.07, 6.45) is 0. The highest BCUT2D eigenvalue weighted by atomic mass is 79.9. The van der Waals surface area contributed by atoms with Gasteiger partial charge >= 0.3 is 0 Å². The number of fused-ring (bicyclic) bond motifs is 1. The van der Waals surface area contributed by atoms with E-state index >= 15 is 0 Å². The standard InChI is InChI=1S/C11H13BrN2O/c1-7(2)14-11-4-3-8(12)5-9(11)10(6-15)13-14/h3-5,7,15H,6H2,1-2H3. The van der Waals surface area contributed by atoms with Gasteiger partial charge in [0.1, 0.15) is 0 Å². The SMILES string of the molecule is CC(C)n1nc(CO)c2cc(Br)ccc21. The van der Waals surface area contributed by atoms with Gasteiger partial charge in [0.15, 0.2) is 0 Å². The molecular weight excluding hydrogens is 256 g/mol. The molecule has 2 aromatic rings. The molecule has 1 heterocycles. The molecule has 15 heavy (non-hydrogen) atoms. The number of aliphatic hydroxyl groups excluding tert-OH is 1. The van der Waals surface area contributed by atoms with Gasteiger partial charge in [-0.1, -0.05) is 15.9 Å². The summed E-state index contributed by atoms with van der Waals surface area (Å²) in [5, 5.41) is 14.6. The summed E-state index contributed by atoms with van der Waals surface area (Å²) in [7, 11) is 0. The predicted molar refractivity (Wildman–Crippen MR) is 63.7 cm³/mol. The van der Waals surface area contributed by atoms with Crippen molar-refractivity contribution in [2.75, 3.05) is 0 Å². The summed E-state index contributed by atoms with van der Waals surface area (Å²) < 4.78 is 2.95. The second kappa shape index (κ2) is 3.94. The molecule has 80 valence electrons. The largest absolute Gasteiger partial charge is 0.390 e. The molecule has 3 nitrogen and oxygen atoms in total. The Kier molecular flexibility index (Phi) is 2.80. The van der Waals surface area contributed by atoms with Gasteiger partial charge in [0.05, 0.1) is 17.8 Å². The highest BCUT2D eigenvalue weighted by Crippen LogP contribution is 2.25. The van der Waals surface area contributed by atoms with Gasteiger partial charge in [-0.15, -0.1) is 0 Å². The third-order valence-corrected chi connectivity index (χ3v) is 2.88. The van der Waals surface area contributed by atoms with E-state index in [9.17, 15) is 5.11 Å². The summed E-state index contributed by atoms with van der Waals surface area (Å²) in [5.74, 6) is 0. The highest BCUT2D eigenvalue weighted by Gasteiger charge is 2.11. The van der Waals surface area contributed by atoms with Gasteiger partial charge in [0, 0.05) is 15.9 Å². The molecule has 1 N–H and O–H groups in total. The predicted octanol–water partition coefficient (Wildman–Crippen LogP) is 2.87. The first-order valence-corrected chi connectivity index (χ1v) is 5.70. The number of nitrogens with zero attached hydrogens (tertiary/aromatic N) is 2. The molecule has 0 saturated heterocycles. The molecule has 4 heteroatoms. The van der Waals surface area contributed by atoms with Crippen molar-refractivity contribution in [2.24, 2.45) is 0 Å². The topological polar surface area (TPSA) is 38.0 Å². The Labute approximate surface area is 96.8 Å². The van der Waals surface area contributed by atoms with Crippen LogP contribution in [0.3, 0.4) is 0 Å². The van der Waals surface area contributed by atoms with Gasteiger partial charge in [-0.25, -0.2) is 0 Å². The zero-order chi connectivity index (χ0) is 11.0. The second-order valence-electron chi connectivity index (χ2n) is 3.80. The van der Waals surface area contributed by atoms with Crippen molar-refractivity contribution in [2.45, 2.75) is 26.5 Å². The van der Waals surface area contributed by atoms with Gasteiger partial charge in [0.2, 0.25) is 0 Å². The zero-order valence-electron chi connectivity index (χ0n) is 8.74. The van der Waals surface area contributed by atoms with E-state index < -0.39 is 0 Å². The van der Waals surface area contributed by atoms with Crippen LogP contribution in [-0.4, -0.2) is 14.9 Å². The minimum absolute atomic E-state index is 0.0212. The second-order valence-corrected chi connectivity index (χ2v) is 4.72. The van der Waals surface area contributed by atoms with Crippen LogP contribution in [0.1, 0.15) is 25.6 Å². The molecule has 0 amide bonds. The number of hydrogen-bond donors (Lipinski definition) is 1. The third kappa shape index (κ3) is 1.79. The molecule has 0 radical (unpaired) electrons. The number of halogens is 1. The van der Waals surface area contributed by atoms with Gasteiger partial charge in [-0.3, -0.25) is 4.68 Å². The van der Waals surface area contributed by atoms with Crippen LogP contribution < -0.4 is 0 Å². The Bertz CT molecular complexity index is 491. The summed E-state index contributed by atoms with van der Waals surface area (Å²) >= 11 is 3.42. The molecule has 0 aliphatic rings. The molecule has 1 aromatic carbocycles. The summed E-state index contributed by atoms with van der Waals surface area (Å²) in [4.78, 5) is 0. The maximum Gasteiger partial charge on any atom is 0.0958 e. The molecule has 0 bridgehead atoms. The Morgan fingerprint density at radius 2 is 2.20 bits per heavy atom. The number of aromatic nitrogens is 2. The monoisotopic (exact) mass is 268 g/mol. The quantitative estimate of drug-likeness (QED) is 0.910. The molecule has 2 rings (SSSR count). The lowest BCUT2D eigenvalue weighted by Gasteiger charge is -2.06. The van der Waals surface area contributed by atoms with Crippen molar-refractivity contribution in [3.8, 4) is 0 Å². The van der Waals surface area contributed by atoms with Crippen molar-refractivity contribution in [1.82, 2.24) is 9.78 Å². The van der Waals surface area contributed by atoms with E-state index in [1.165, 1.54) is 0 Å². The average molecular weight is 269 g/mol. The maximum atomic E-state index is 9.23.